The average molecular weight is 227 g/mol. The molecule has 0 saturated heterocycles. The van der Waals surface area contributed by atoms with E-state index in [0.717, 1.165) is 7.11 Å². The van der Waals surface area contributed by atoms with E-state index < -0.39 is 16.5 Å². The third-order valence-electron chi connectivity index (χ3n) is 1.48. The Balaban J connectivity index is 4.22. The molecule has 1 unspecified atom stereocenters. The number of aliphatic hydroxyl groups is 1. The van der Waals surface area contributed by atoms with Crippen molar-refractivity contribution in [3.63, 3.8) is 0 Å². The smallest absolute Gasteiger partial charge is 0.396 e. The van der Waals surface area contributed by atoms with Gasteiger partial charge in [-0.3, -0.25) is 4.18 Å². The molecular formula is C7H17NO5S. The number of aliphatic hydroxyl groups excluding tert-OH is 1. The number of hydrogen-bond acceptors (Lipinski definition) is 6. The average Bonchev–Trinajstić information content (AvgIpc) is 2.03. The molecule has 6 nitrogen and oxygen atoms in total. The third-order valence-corrected chi connectivity index (χ3v) is 2.39. The summed E-state index contributed by atoms with van der Waals surface area (Å²) in [6, 6.07) is 0. The Bertz CT molecular complexity index is 238. The molecule has 86 valence electrons. The van der Waals surface area contributed by atoms with Gasteiger partial charge in [0.2, 0.25) is 0 Å². The minimum atomic E-state index is -3.92. The van der Waals surface area contributed by atoms with E-state index in [0.29, 0.717) is 6.54 Å². The first-order chi connectivity index (χ1) is 6.41. The van der Waals surface area contributed by atoms with Gasteiger partial charge in [0.15, 0.2) is 0 Å². The molecule has 0 aliphatic heterocycles. The maximum atomic E-state index is 10.9. The van der Waals surface area contributed by atoms with Gasteiger partial charge in [0.25, 0.3) is 0 Å². The number of nitrogens with zero attached hydrogens (tertiary/aromatic N) is 1. The summed E-state index contributed by atoms with van der Waals surface area (Å²) < 4.78 is 30.7. The van der Waals surface area contributed by atoms with Gasteiger partial charge in [-0.05, 0) is 20.5 Å². The van der Waals surface area contributed by atoms with E-state index in [9.17, 15) is 8.42 Å². The zero-order valence-electron chi connectivity index (χ0n) is 8.63. The van der Waals surface area contributed by atoms with Crippen molar-refractivity contribution in [3.05, 3.63) is 0 Å². The van der Waals surface area contributed by atoms with Gasteiger partial charge in [0.1, 0.15) is 0 Å². The second-order valence-electron chi connectivity index (χ2n) is 3.07. The van der Waals surface area contributed by atoms with Crippen LogP contribution in [0.3, 0.4) is 0 Å². The van der Waals surface area contributed by atoms with E-state index in [1.54, 1.807) is 19.0 Å². The molecule has 0 heterocycles. The van der Waals surface area contributed by atoms with Crippen LogP contribution in [0.5, 0.6) is 0 Å². The summed E-state index contributed by atoms with van der Waals surface area (Å²) in [7, 11) is 0.674. The van der Waals surface area contributed by atoms with E-state index >= 15 is 0 Å². The monoisotopic (exact) mass is 227 g/mol. The Kier molecular flexibility index (Phi) is 6.21. The van der Waals surface area contributed by atoms with Crippen molar-refractivity contribution in [1.82, 2.24) is 4.90 Å². The van der Waals surface area contributed by atoms with Gasteiger partial charge in [-0.2, -0.15) is 8.42 Å². The van der Waals surface area contributed by atoms with Crippen molar-refractivity contribution in [3.8, 4) is 0 Å². The zero-order valence-corrected chi connectivity index (χ0v) is 9.45. The van der Waals surface area contributed by atoms with Crippen LogP contribution in [0, 0.1) is 0 Å². The van der Waals surface area contributed by atoms with Crippen LogP contribution in [0.15, 0.2) is 0 Å². The van der Waals surface area contributed by atoms with Gasteiger partial charge < -0.3 is 10.0 Å². The van der Waals surface area contributed by atoms with Crippen LogP contribution in [0.2, 0.25) is 0 Å². The fraction of sp³-hybridized carbons (Fsp3) is 1.00. The van der Waals surface area contributed by atoms with Crippen molar-refractivity contribution < 1.29 is 21.9 Å². The molecule has 0 aliphatic rings. The van der Waals surface area contributed by atoms with Gasteiger partial charge in [-0.1, -0.05) is 0 Å². The molecule has 0 fully saturated rings. The second-order valence-corrected chi connectivity index (χ2v) is 4.41. The van der Waals surface area contributed by atoms with Crippen molar-refractivity contribution in [2.45, 2.75) is 12.5 Å². The van der Waals surface area contributed by atoms with Crippen LogP contribution < -0.4 is 0 Å². The highest BCUT2D eigenvalue weighted by molar-refractivity contribution is 7.81. The summed E-state index contributed by atoms with van der Waals surface area (Å²) in [6.07, 6.45) is -0.333. The summed E-state index contributed by atoms with van der Waals surface area (Å²) in [6.45, 7) is 0.279. The summed E-state index contributed by atoms with van der Waals surface area (Å²) in [5.74, 6) is 0. The van der Waals surface area contributed by atoms with Gasteiger partial charge in [0, 0.05) is 13.2 Å². The lowest BCUT2D eigenvalue weighted by atomic mass is 10.2. The Hall–Kier alpha value is -0.210. The lowest BCUT2D eigenvalue weighted by molar-refractivity contribution is 0.112. The number of rotatable bonds is 7. The van der Waals surface area contributed by atoms with Gasteiger partial charge in [-0.25, -0.2) is 4.18 Å². The fourth-order valence-corrected chi connectivity index (χ4v) is 1.50. The SMILES string of the molecule is COS(=O)(=O)OC(CCO)CN(C)C. The molecule has 0 aromatic carbocycles. The minimum absolute atomic E-state index is 0.127. The summed E-state index contributed by atoms with van der Waals surface area (Å²) in [4.78, 5) is 1.77. The highest BCUT2D eigenvalue weighted by Gasteiger charge is 2.19. The standard InChI is InChI=1S/C7H17NO5S/c1-8(2)6-7(4-5-9)13-14(10,11)12-3/h7,9H,4-6H2,1-3H3. The molecule has 14 heavy (non-hydrogen) atoms. The zero-order chi connectivity index (χ0) is 11.2. The highest BCUT2D eigenvalue weighted by Crippen LogP contribution is 2.05. The van der Waals surface area contributed by atoms with Crippen LogP contribution in [0.1, 0.15) is 6.42 Å². The first-order valence-corrected chi connectivity index (χ1v) is 5.49. The molecular weight excluding hydrogens is 210 g/mol. The topological polar surface area (TPSA) is 76.1 Å². The second kappa shape index (κ2) is 6.31. The van der Waals surface area contributed by atoms with Crippen molar-refractivity contribution in [2.24, 2.45) is 0 Å². The molecule has 1 N–H and O–H groups in total. The lowest BCUT2D eigenvalue weighted by Crippen LogP contribution is -2.31. The van der Waals surface area contributed by atoms with E-state index in [4.69, 9.17) is 5.11 Å². The Labute approximate surface area is 84.8 Å². The molecule has 0 aromatic rings. The normalized spacial score (nSPS) is 14.6. The molecule has 0 spiro atoms. The van der Waals surface area contributed by atoms with Gasteiger partial charge in [0.05, 0.1) is 13.2 Å². The molecule has 1 atom stereocenters. The van der Waals surface area contributed by atoms with Crippen molar-refractivity contribution >= 4 is 10.4 Å². The molecule has 0 aromatic heterocycles. The number of likely N-dealkylation sites (N-methyl/N-ethyl adjacent to an activating group) is 1. The first-order valence-electron chi connectivity index (χ1n) is 4.15. The van der Waals surface area contributed by atoms with Crippen LogP contribution in [0.4, 0.5) is 0 Å². The van der Waals surface area contributed by atoms with E-state index in [2.05, 4.69) is 8.37 Å². The molecule has 0 radical (unpaired) electrons. The lowest BCUT2D eigenvalue weighted by Gasteiger charge is -2.19. The molecule has 0 aliphatic carbocycles. The Morgan fingerprint density at radius 3 is 2.36 bits per heavy atom. The largest absolute Gasteiger partial charge is 0.399 e. The van der Waals surface area contributed by atoms with Crippen LogP contribution >= 0.6 is 0 Å². The molecule has 0 amide bonds. The Morgan fingerprint density at radius 2 is 2.00 bits per heavy atom. The van der Waals surface area contributed by atoms with E-state index in [-0.39, 0.29) is 13.0 Å². The first kappa shape index (κ1) is 13.8. The van der Waals surface area contributed by atoms with Gasteiger partial charge in [-0.15, -0.1) is 0 Å². The molecule has 0 bridgehead atoms. The minimum Gasteiger partial charge on any atom is -0.396 e. The summed E-state index contributed by atoms with van der Waals surface area (Å²) in [5, 5.41) is 8.68. The van der Waals surface area contributed by atoms with Crippen molar-refractivity contribution in [1.29, 1.82) is 0 Å². The van der Waals surface area contributed by atoms with E-state index in [1.165, 1.54) is 0 Å². The Morgan fingerprint density at radius 1 is 1.43 bits per heavy atom. The van der Waals surface area contributed by atoms with Gasteiger partial charge >= 0.3 is 10.4 Å². The predicted molar refractivity (Wildman–Crippen MR) is 51.1 cm³/mol. The number of hydrogen-bond donors (Lipinski definition) is 1. The van der Waals surface area contributed by atoms with Crippen LogP contribution in [-0.4, -0.2) is 58.9 Å². The summed E-state index contributed by atoms with van der Waals surface area (Å²) in [5.41, 5.74) is 0. The maximum absolute atomic E-state index is 10.9. The quantitative estimate of drug-likeness (QED) is 0.614. The van der Waals surface area contributed by atoms with Crippen LogP contribution in [-0.2, 0) is 18.8 Å². The van der Waals surface area contributed by atoms with E-state index in [1.807, 2.05) is 0 Å². The molecule has 0 rings (SSSR count). The molecule has 0 saturated carbocycles. The highest BCUT2D eigenvalue weighted by atomic mass is 32.3. The summed E-state index contributed by atoms with van der Waals surface area (Å²) >= 11 is 0. The molecule has 7 heteroatoms. The van der Waals surface area contributed by atoms with Crippen molar-refractivity contribution in [2.75, 3.05) is 34.4 Å². The third kappa shape index (κ3) is 6.28. The predicted octanol–water partition coefficient (Wildman–Crippen LogP) is -0.793. The maximum Gasteiger partial charge on any atom is 0.399 e. The fourth-order valence-electron chi connectivity index (χ4n) is 0.927. The van der Waals surface area contributed by atoms with Crippen LogP contribution in [0.25, 0.3) is 0 Å².